The van der Waals surface area contributed by atoms with Gasteiger partial charge in [-0.3, -0.25) is 14.7 Å². The van der Waals surface area contributed by atoms with Crippen LogP contribution in [0.5, 0.6) is 0 Å². The zero-order valence-electron chi connectivity index (χ0n) is 21.9. The molecule has 1 amide bonds. The van der Waals surface area contributed by atoms with Gasteiger partial charge in [0.15, 0.2) is 0 Å². The highest BCUT2D eigenvalue weighted by atomic mass is 16.5. The molecule has 9 nitrogen and oxygen atoms in total. The second kappa shape index (κ2) is 12.1. The van der Waals surface area contributed by atoms with E-state index in [0.29, 0.717) is 17.9 Å². The molecule has 2 fully saturated rings. The van der Waals surface area contributed by atoms with Gasteiger partial charge >= 0.3 is 0 Å². The number of piperidine rings is 1. The van der Waals surface area contributed by atoms with Gasteiger partial charge in [-0.1, -0.05) is 12.1 Å². The van der Waals surface area contributed by atoms with E-state index >= 15 is 0 Å². The Hall–Kier alpha value is -3.82. The maximum atomic E-state index is 13.1. The van der Waals surface area contributed by atoms with Crippen LogP contribution in [-0.4, -0.2) is 79.5 Å². The van der Waals surface area contributed by atoms with Gasteiger partial charge in [-0.05, 0) is 54.5 Å². The molecule has 2 aliphatic heterocycles. The predicted octanol–water partition coefficient (Wildman–Crippen LogP) is 3.58. The van der Waals surface area contributed by atoms with Gasteiger partial charge in [-0.2, -0.15) is 0 Å². The Kier molecular flexibility index (Phi) is 8.25. The standard InChI is InChI=1S/C29H35N7O2/c1-31-26(20-35-11-13-38-14-12-35)25(18-30)21-5-6-23-19-33-27(16-24(23)15-21)34-29(37)22-7-8-32-28(17-22)36-9-3-2-4-10-36/h5-8,15-19H,2-4,9-14,20,30H2,1H3,(H,33,34,37)/b25-18-,31-26?. The highest BCUT2D eigenvalue weighted by molar-refractivity contribution is 6.25. The molecule has 0 radical (unpaired) electrons. The van der Waals surface area contributed by atoms with Gasteiger partial charge in [0.1, 0.15) is 11.6 Å². The maximum Gasteiger partial charge on any atom is 0.257 e. The van der Waals surface area contributed by atoms with E-state index in [1.54, 1.807) is 31.7 Å². The molecule has 3 N–H and O–H groups in total. The highest BCUT2D eigenvalue weighted by Gasteiger charge is 2.18. The minimum absolute atomic E-state index is 0.206. The van der Waals surface area contributed by atoms with Crippen LogP contribution in [0.25, 0.3) is 16.3 Å². The van der Waals surface area contributed by atoms with Crippen molar-refractivity contribution in [1.82, 2.24) is 14.9 Å². The van der Waals surface area contributed by atoms with E-state index < -0.39 is 0 Å². The molecule has 198 valence electrons. The Morgan fingerprint density at radius 2 is 1.84 bits per heavy atom. The molecule has 0 unspecified atom stereocenters. The van der Waals surface area contributed by atoms with Crippen LogP contribution in [0.4, 0.5) is 11.6 Å². The second-order valence-electron chi connectivity index (χ2n) is 9.68. The summed E-state index contributed by atoms with van der Waals surface area (Å²) in [6.07, 6.45) is 8.65. The fourth-order valence-electron chi connectivity index (χ4n) is 5.03. The summed E-state index contributed by atoms with van der Waals surface area (Å²) >= 11 is 0. The molecule has 2 saturated heterocycles. The summed E-state index contributed by atoms with van der Waals surface area (Å²) in [5.74, 6) is 1.13. The van der Waals surface area contributed by atoms with E-state index in [2.05, 4.69) is 36.1 Å². The Morgan fingerprint density at radius 3 is 2.61 bits per heavy atom. The van der Waals surface area contributed by atoms with E-state index in [1.807, 2.05) is 24.3 Å². The molecule has 2 aromatic heterocycles. The third-order valence-corrected chi connectivity index (χ3v) is 7.19. The van der Waals surface area contributed by atoms with Crippen molar-refractivity contribution in [3.63, 3.8) is 0 Å². The zero-order valence-corrected chi connectivity index (χ0v) is 21.9. The first-order valence-corrected chi connectivity index (χ1v) is 13.2. The molecule has 0 spiro atoms. The molecule has 2 aliphatic rings. The van der Waals surface area contributed by atoms with E-state index in [1.165, 1.54) is 6.42 Å². The molecule has 0 bridgehead atoms. The van der Waals surface area contributed by atoms with Crippen molar-refractivity contribution in [3.8, 4) is 0 Å². The first kappa shape index (κ1) is 25.8. The number of ether oxygens (including phenoxy) is 1. The van der Waals surface area contributed by atoms with Gasteiger partial charge in [-0.25, -0.2) is 9.97 Å². The summed E-state index contributed by atoms with van der Waals surface area (Å²) in [6, 6.07) is 11.6. The number of hydrogen-bond donors (Lipinski definition) is 2. The first-order chi connectivity index (χ1) is 18.6. The van der Waals surface area contributed by atoms with Crippen molar-refractivity contribution in [3.05, 3.63) is 66.1 Å². The lowest BCUT2D eigenvalue weighted by Crippen LogP contribution is -2.39. The average molecular weight is 514 g/mol. The molecule has 38 heavy (non-hydrogen) atoms. The molecule has 3 aromatic rings. The Balaban J connectivity index is 1.33. The fraction of sp³-hybridized carbons (Fsp3) is 0.379. The molecule has 0 atom stereocenters. The third-order valence-electron chi connectivity index (χ3n) is 7.19. The van der Waals surface area contributed by atoms with Gasteiger partial charge in [0.2, 0.25) is 0 Å². The Bertz CT molecular complexity index is 1340. The quantitative estimate of drug-likeness (QED) is 0.465. The zero-order chi connectivity index (χ0) is 26.3. The van der Waals surface area contributed by atoms with Crippen LogP contribution in [0.2, 0.25) is 0 Å². The van der Waals surface area contributed by atoms with E-state index in [-0.39, 0.29) is 5.91 Å². The number of aromatic nitrogens is 2. The lowest BCUT2D eigenvalue weighted by atomic mass is 9.98. The number of pyridine rings is 2. The largest absolute Gasteiger partial charge is 0.404 e. The van der Waals surface area contributed by atoms with Crippen molar-refractivity contribution in [2.75, 3.05) is 63.2 Å². The molecule has 4 heterocycles. The summed E-state index contributed by atoms with van der Waals surface area (Å²) in [5, 5.41) is 4.88. The first-order valence-electron chi connectivity index (χ1n) is 13.2. The number of rotatable bonds is 7. The topological polar surface area (TPSA) is 109 Å². The van der Waals surface area contributed by atoms with Gasteiger partial charge in [0.25, 0.3) is 5.91 Å². The molecule has 0 saturated carbocycles. The second-order valence-corrected chi connectivity index (χ2v) is 9.68. The number of nitrogens with two attached hydrogens (primary N) is 1. The van der Waals surface area contributed by atoms with Crippen molar-refractivity contribution < 1.29 is 9.53 Å². The molecule has 9 heteroatoms. The van der Waals surface area contributed by atoms with Crippen LogP contribution in [0.3, 0.4) is 0 Å². The van der Waals surface area contributed by atoms with Crippen LogP contribution in [0, 0.1) is 0 Å². The average Bonchev–Trinajstić information content (AvgIpc) is 2.98. The molecule has 5 rings (SSSR count). The number of hydrogen-bond acceptors (Lipinski definition) is 8. The van der Waals surface area contributed by atoms with Gasteiger partial charge in [0, 0.05) is 74.9 Å². The number of nitrogens with zero attached hydrogens (tertiary/aromatic N) is 5. The number of fused-ring (bicyclic) bond motifs is 1. The number of carbonyl (C=O) groups excluding carboxylic acids is 1. The van der Waals surface area contributed by atoms with Crippen LogP contribution in [-0.2, 0) is 4.74 Å². The minimum atomic E-state index is -0.206. The van der Waals surface area contributed by atoms with Crippen LogP contribution < -0.4 is 16.0 Å². The molecule has 1 aromatic carbocycles. The monoisotopic (exact) mass is 513 g/mol. The fourth-order valence-corrected chi connectivity index (χ4v) is 5.03. The van der Waals surface area contributed by atoms with E-state index in [9.17, 15) is 4.79 Å². The van der Waals surface area contributed by atoms with E-state index in [0.717, 1.165) is 85.7 Å². The van der Waals surface area contributed by atoms with E-state index in [4.69, 9.17) is 10.5 Å². The lowest BCUT2D eigenvalue weighted by molar-refractivity contribution is 0.0454. The molecular formula is C29H35N7O2. The summed E-state index contributed by atoms with van der Waals surface area (Å²) in [5.41, 5.74) is 9.45. The van der Waals surface area contributed by atoms with Crippen molar-refractivity contribution in [1.29, 1.82) is 0 Å². The summed E-state index contributed by atoms with van der Waals surface area (Å²) in [4.78, 5) is 31.1. The predicted molar refractivity (Wildman–Crippen MR) is 153 cm³/mol. The summed E-state index contributed by atoms with van der Waals surface area (Å²) < 4.78 is 5.47. The van der Waals surface area contributed by atoms with Crippen molar-refractivity contribution in [2.45, 2.75) is 19.3 Å². The smallest absolute Gasteiger partial charge is 0.257 e. The minimum Gasteiger partial charge on any atom is -0.404 e. The van der Waals surface area contributed by atoms with Crippen molar-refractivity contribution in [2.24, 2.45) is 10.7 Å². The Labute approximate surface area is 223 Å². The number of anilines is 2. The molecular weight excluding hydrogens is 478 g/mol. The number of benzene rings is 1. The maximum absolute atomic E-state index is 13.1. The lowest BCUT2D eigenvalue weighted by Gasteiger charge is -2.27. The van der Waals surface area contributed by atoms with Gasteiger partial charge in [0.05, 0.1) is 18.9 Å². The van der Waals surface area contributed by atoms with Crippen LogP contribution >= 0.6 is 0 Å². The summed E-state index contributed by atoms with van der Waals surface area (Å²) in [6.45, 7) is 5.88. The molecule has 0 aliphatic carbocycles. The highest BCUT2D eigenvalue weighted by Crippen LogP contribution is 2.25. The van der Waals surface area contributed by atoms with Crippen LogP contribution in [0.1, 0.15) is 35.2 Å². The third kappa shape index (κ3) is 6.00. The van der Waals surface area contributed by atoms with Gasteiger partial charge < -0.3 is 20.7 Å². The number of carbonyl (C=O) groups is 1. The number of aliphatic imine (C=N–C) groups is 1. The normalized spacial score (nSPS) is 17.6. The number of nitrogens with one attached hydrogen (secondary N) is 1. The SMILES string of the molecule is CN=C(CN1CCOCC1)/C(=C\N)c1ccc2cnc(NC(=O)c3ccnc(N4CCCCC4)c3)cc2c1. The van der Waals surface area contributed by atoms with Crippen molar-refractivity contribution >= 4 is 39.6 Å². The van der Waals surface area contributed by atoms with Gasteiger partial charge in [-0.15, -0.1) is 0 Å². The number of morpholine rings is 1. The number of amides is 1. The Morgan fingerprint density at radius 1 is 1.03 bits per heavy atom. The van der Waals surface area contributed by atoms with Crippen LogP contribution in [0.15, 0.2) is 60.0 Å². The summed E-state index contributed by atoms with van der Waals surface area (Å²) in [7, 11) is 1.80.